The average molecular weight is 265 g/mol. The molecule has 0 unspecified atom stereocenters. The fourth-order valence-corrected chi connectivity index (χ4v) is 2.13. The second kappa shape index (κ2) is 6.53. The molecule has 0 radical (unpaired) electrons. The van der Waals surface area contributed by atoms with Crippen molar-refractivity contribution in [2.45, 2.75) is 19.3 Å². The lowest BCUT2D eigenvalue weighted by Gasteiger charge is -2.06. The zero-order chi connectivity index (χ0) is 14.4. The number of rotatable bonds is 5. The summed E-state index contributed by atoms with van der Waals surface area (Å²) in [6.07, 6.45) is 1.59. The first-order valence-corrected chi connectivity index (χ1v) is 6.51. The molecule has 0 amide bonds. The molecule has 2 aromatic carbocycles. The second-order valence-corrected chi connectivity index (χ2v) is 4.60. The molecule has 0 aliphatic carbocycles. The van der Waals surface area contributed by atoms with E-state index in [0.29, 0.717) is 12.0 Å². The van der Waals surface area contributed by atoms with Crippen molar-refractivity contribution >= 4 is 5.97 Å². The van der Waals surface area contributed by atoms with Gasteiger partial charge in [0.1, 0.15) is 0 Å². The van der Waals surface area contributed by atoms with Crippen LogP contribution in [0.4, 0.5) is 0 Å². The zero-order valence-electron chi connectivity index (χ0n) is 11.0. The Kier molecular flexibility index (Phi) is 4.52. The van der Waals surface area contributed by atoms with E-state index in [9.17, 15) is 4.79 Å². The van der Waals surface area contributed by atoms with Crippen molar-refractivity contribution in [3.05, 3.63) is 59.7 Å². The number of hydrogen-bond acceptors (Lipinski definition) is 2. The lowest BCUT2D eigenvalue weighted by atomic mass is 9.98. The van der Waals surface area contributed by atoms with E-state index in [1.807, 2.05) is 42.5 Å². The normalized spacial score (nSPS) is 9.95. The predicted molar refractivity (Wildman–Crippen MR) is 77.2 cm³/mol. The average Bonchev–Trinajstić information content (AvgIpc) is 2.47. The minimum atomic E-state index is -0.760. The van der Waals surface area contributed by atoms with Crippen molar-refractivity contribution in [3.8, 4) is 17.2 Å². The van der Waals surface area contributed by atoms with Gasteiger partial charge >= 0.3 is 5.97 Å². The first kappa shape index (κ1) is 13.8. The van der Waals surface area contributed by atoms with Crippen LogP contribution in [0.3, 0.4) is 0 Å². The smallest absolute Gasteiger partial charge is 0.303 e. The molecule has 0 heterocycles. The summed E-state index contributed by atoms with van der Waals surface area (Å²) in [6.45, 7) is 0. The van der Waals surface area contributed by atoms with Gasteiger partial charge in [0.05, 0.1) is 11.6 Å². The third-order valence-corrected chi connectivity index (χ3v) is 3.17. The third-order valence-electron chi connectivity index (χ3n) is 3.17. The molecule has 0 fully saturated rings. The van der Waals surface area contributed by atoms with Crippen LogP contribution >= 0.6 is 0 Å². The summed E-state index contributed by atoms with van der Waals surface area (Å²) in [4.78, 5) is 10.5. The van der Waals surface area contributed by atoms with Gasteiger partial charge in [-0.2, -0.15) is 5.26 Å². The summed E-state index contributed by atoms with van der Waals surface area (Å²) in [5.41, 5.74) is 3.70. The van der Waals surface area contributed by atoms with Crippen LogP contribution in [0.25, 0.3) is 11.1 Å². The van der Waals surface area contributed by atoms with Gasteiger partial charge in [-0.25, -0.2) is 0 Å². The lowest BCUT2D eigenvalue weighted by molar-refractivity contribution is -0.137. The van der Waals surface area contributed by atoms with Crippen molar-refractivity contribution in [2.24, 2.45) is 0 Å². The first-order valence-electron chi connectivity index (χ1n) is 6.51. The van der Waals surface area contributed by atoms with E-state index in [0.717, 1.165) is 23.1 Å². The van der Waals surface area contributed by atoms with E-state index < -0.39 is 5.97 Å². The highest BCUT2D eigenvalue weighted by Crippen LogP contribution is 2.23. The number of benzene rings is 2. The number of aryl methyl sites for hydroxylation is 1. The maximum Gasteiger partial charge on any atom is 0.303 e. The molecule has 0 bridgehead atoms. The first-order chi connectivity index (χ1) is 9.70. The third kappa shape index (κ3) is 3.46. The summed E-state index contributed by atoms with van der Waals surface area (Å²) >= 11 is 0. The highest BCUT2D eigenvalue weighted by molar-refractivity contribution is 5.70. The molecule has 20 heavy (non-hydrogen) atoms. The molecule has 3 heteroatoms. The van der Waals surface area contributed by atoms with Crippen molar-refractivity contribution in [1.29, 1.82) is 5.26 Å². The maximum absolute atomic E-state index is 10.5. The van der Waals surface area contributed by atoms with Crippen molar-refractivity contribution < 1.29 is 9.90 Å². The van der Waals surface area contributed by atoms with E-state index in [1.165, 1.54) is 0 Å². The topological polar surface area (TPSA) is 61.1 Å². The van der Waals surface area contributed by atoms with Crippen LogP contribution in [0, 0.1) is 11.3 Å². The van der Waals surface area contributed by atoms with Gasteiger partial charge in [-0.15, -0.1) is 0 Å². The summed E-state index contributed by atoms with van der Waals surface area (Å²) in [5.74, 6) is -0.760. The Balaban J connectivity index is 2.12. The number of carboxylic acids is 1. The van der Waals surface area contributed by atoms with Gasteiger partial charge in [-0.1, -0.05) is 42.5 Å². The molecular formula is C17H15NO2. The van der Waals surface area contributed by atoms with Gasteiger partial charge in [0.25, 0.3) is 0 Å². The molecule has 0 aliphatic heterocycles. The van der Waals surface area contributed by atoms with Crippen LogP contribution in [-0.4, -0.2) is 11.1 Å². The molecule has 0 saturated carbocycles. The Morgan fingerprint density at radius 2 is 1.80 bits per heavy atom. The van der Waals surface area contributed by atoms with E-state index >= 15 is 0 Å². The lowest BCUT2D eigenvalue weighted by Crippen LogP contribution is -1.95. The number of aliphatic carboxylic acids is 1. The van der Waals surface area contributed by atoms with Gasteiger partial charge in [-0.05, 0) is 35.6 Å². The SMILES string of the molecule is N#Cc1ccccc1-c1ccc(CCCC(=O)O)cc1. The standard InChI is InChI=1S/C17H15NO2/c18-12-15-5-1-2-6-16(15)14-10-8-13(9-11-14)4-3-7-17(19)20/h1-2,5-6,8-11H,3-4,7H2,(H,19,20). The molecule has 0 atom stereocenters. The fourth-order valence-electron chi connectivity index (χ4n) is 2.13. The van der Waals surface area contributed by atoms with Gasteiger partial charge in [0, 0.05) is 6.42 Å². The van der Waals surface area contributed by atoms with Gasteiger partial charge in [0.2, 0.25) is 0 Å². The van der Waals surface area contributed by atoms with E-state index in [-0.39, 0.29) is 6.42 Å². The van der Waals surface area contributed by atoms with E-state index in [2.05, 4.69) is 6.07 Å². The Bertz CT molecular complexity index is 639. The Labute approximate surface area is 118 Å². The van der Waals surface area contributed by atoms with Gasteiger partial charge in [-0.3, -0.25) is 4.79 Å². The highest BCUT2D eigenvalue weighted by atomic mass is 16.4. The molecule has 1 N–H and O–H groups in total. The summed E-state index contributed by atoms with van der Waals surface area (Å²) in [5, 5.41) is 17.7. The predicted octanol–water partition coefficient (Wildman–Crippen LogP) is 3.63. The number of nitrogens with zero attached hydrogens (tertiary/aromatic N) is 1. The van der Waals surface area contributed by atoms with Crippen LogP contribution < -0.4 is 0 Å². The van der Waals surface area contributed by atoms with Gasteiger partial charge in [0.15, 0.2) is 0 Å². The van der Waals surface area contributed by atoms with Crippen LogP contribution in [0.2, 0.25) is 0 Å². The number of carboxylic acid groups (broad SMARTS) is 1. The Morgan fingerprint density at radius 1 is 1.10 bits per heavy atom. The number of carbonyl (C=O) groups is 1. The molecule has 0 saturated heterocycles. The Morgan fingerprint density at radius 3 is 2.45 bits per heavy atom. The number of hydrogen-bond donors (Lipinski definition) is 1. The molecule has 2 aromatic rings. The summed E-state index contributed by atoms with van der Waals surface area (Å²) in [7, 11) is 0. The largest absolute Gasteiger partial charge is 0.481 e. The second-order valence-electron chi connectivity index (χ2n) is 4.60. The van der Waals surface area contributed by atoms with E-state index in [4.69, 9.17) is 10.4 Å². The molecule has 2 rings (SSSR count). The summed E-state index contributed by atoms with van der Waals surface area (Å²) < 4.78 is 0. The van der Waals surface area contributed by atoms with Crippen molar-refractivity contribution in [1.82, 2.24) is 0 Å². The van der Waals surface area contributed by atoms with E-state index in [1.54, 1.807) is 6.07 Å². The highest BCUT2D eigenvalue weighted by Gasteiger charge is 2.04. The minimum absolute atomic E-state index is 0.193. The quantitative estimate of drug-likeness (QED) is 0.897. The molecule has 0 aromatic heterocycles. The number of nitriles is 1. The van der Waals surface area contributed by atoms with Crippen LogP contribution in [0.15, 0.2) is 48.5 Å². The fraction of sp³-hybridized carbons (Fsp3) is 0.176. The monoisotopic (exact) mass is 265 g/mol. The zero-order valence-corrected chi connectivity index (χ0v) is 11.0. The molecule has 0 aliphatic rings. The summed E-state index contributed by atoms with van der Waals surface area (Å²) in [6, 6.07) is 17.6. The minimum Gasteiger partial charge on any atom is -0.481 e. The molecule has 100 valence electrons. The molecule has 3 nitrogen and oxygen atoms in total. The van der Waals surface area contributed by atoms with Crippen molar-refractivity contribution in [3.63, 3.8) is 0 Å². The van der Waals surface area contributed by atoms with Crippen LogP contribution in [0.5, 0.6) is 0 Å². The van der Waals surface area contributed by atoms with Crippen molar-refractivity contribution in [2.75, 3.05) is 0 Å². The Hall–Kier alpha value is -2.60. The van der Waals surface area contributed by atoms with Crippen LogP contribution in [0.1, 0.15) is 24.0 Å². The van der Waals surface area contributed by atoms with Gasteiger partial charge < -0.3 is 5.11 Å². The molecule has 0 spiro atoms. The maximum atomic E-state index is 10.5. The molecular weight excluding hydrogens is 250 g/mol. The van der Waals surface area contributed by atoms with Crippen LogP contribution in [-0.2, 0) is 11.2 Å².